The van der Waals surface area contributed by atoms with Gasteiger partial charge in [-0.1, -0.05) is 12.1 Å². The van der Waals surface area contributed by atoms with Gasteiger partial charge in [0.15, 0.2) is 11.6 Å². The van der Waals surface area contributed by atoms with Crippen LogP contribution in [-0.2, 0) is 4.79 Å². The highest BCUT2D eigenvalue weighted by Crippen LogP contribution is 2.37. The molecule has 6 nitrogen and oxygen atoms in total. The summed E-state index contributed by atoms with van der Waals surface area (Å²) in [6, 6.07) is 6.64. The number of methoxy groups -OCH3 is 1. The molecule has 8 heteroatoms. The molecule has 0 unspecified atom stereocenters. The molecule has 0 saturated heterocycles. The van der Waals surface area contributed by atoms with E-state index in [1.54, 1.807) is 6.92 Å². The number of benzene rings is 2. The molecule has 0 aliphatic rings. The van der Waals surface area contributed by atoms with Gasteiger partial charge in [-0.05, 0) is 25.1 Å². The molecule has 0 saturated carbocycles. The molecule has 26 heavy (non-hydrogen) atoms. The zero-order chi connectivity index (χ0) is 19.4. The van der Waals surface area contributed by atoms with E-state index in [0.717, 1.165) is 6.07 Å². The number of nitrogen functional groups attached to an aromatic ring is 1. The second-order valence-electron chi connectivity index (χ2n) is 5.39. The number of halogens is 2. The summed E-state index contributed by atoms with van der Waals surface area (Å²) in [5.41, 5.74) is 17.0. The van der Waals surface area contributed by atoms with Crippen molar-refractivity contribution in [2.24, 2.45) is 11.5 Å². The van der Waals surface area contributed by atoms with Gasteiger partial charge in [0.25, 0.3) is 5.91 Å². The van der Waals surface area contributed by atoms with Crippen molar-refractivity contribution in [2.75, 3.05) is 19.4 Å². The van der Waals surface area contributed by atoms with Gasteiger partial charge in [-0.25, -0.2) is 8.78 Å². The summed E-state index contributed by atoms with van der Waals surface area (Å²) >= 11 is 0. The summed E-state index contributed by atoms with van der Waals surface area (Å²) in [6.07, 6.45) is 0. The number of rotatable bonds is 5. The van der Waals surface area contributed by atoms with E-state index in [0.29, 0.717) is 6.54 Å². The fourth-order valence-corrected chi connectivity index (χ4v) is 2.49. The highest BCUT2D eigenvalue weighted by molar-refractivity contribution is 6.01. The predicted octanol–water partition coefficient (Wildman–Crippen LogP) is 1.94. The number of nitrogens with one attached hydrogen (secondary N) is 1. The van der Waals surface area contributed by atoms with Crippen molar-refractivity contribution in [3.8, 4) is 16.9 Å². The van der Waals surface area contributed by atoms with Crippen LogP contribution in [-0.4, -0.2) is 19.6 Å². The molecule has 0 spiro atoms. The van der Waals surface area contributed by atoms with Crippen molar-refractivity contribution in [3.05, 3.63) is 53.2 Å². The number of likely N-dealkylation sites (N-methyl/N-ethyl adjacent to an activating group) is 1. The fourth-order valence-electron chi connectivity index (χ4n) is 2.49. The van der Waals surface area contributed by atoms with E-state index in [1.165, 1.54) is 31.4 Å². The first kappa shape index (κ1) is 19.0. The Morgan fingerprint density at radius 3 is 2.50 bits per heavy atom. The lowest BCUT2D eigenvalue weighted by atomic mass is 9.97. The van der Waals surface area contributed by atoms with E-state index < -0.39 is 17.5 Å². The number of hydrogen-bond donors (Lipinski definition) is 4. The van der Waals surface area contributed by atoms with Crippen molar-refractivity contribution in [2.45, 2.75) is 6.92 Å². The highest BCUT2D eigenvalue weighted by atomic mass is 19.1. The molecule has 0 radical (unpaired) electrons. The van der Waals surface area contributed by atoms with Crippen LogP contribution in [0.2, 0.25) is 0 Å². The third-order valence-electron chi connectivity index (χ3n) is 3.81. The van der Waals surface area contributed by atoms with Gasteiger partial charge >= 0.3 is 0 Å². The standard InChI is InChI=1S/C18H20F2N4O2/c1-3-24-18(25)17(23)16(22)10-7-8-11(19)13(15(10)21)9-5-4-6-12(26-2)14(9)20/h4-8H,3,21-23H2,1-2H3,(H,24,25)/b17-16+. The Morgan fingerprint density at radius 2 is 1.88 bits per heavy atom. The summed E-state index contributed by atoms with van der Waals surface area (Å²) in [5, 5.41) is 2.50. The molecule has 0 heterocycles. The van der Waals surface area contributed by atoms with Crippen LogP contribution in [0.3, 0.4) is 0 Å². The average molecular weight is 362 g/mol. The molecule has 138 valence electrons. The Kier molecular flexibility index (Phi) is 5.66. The van der Waals surface area contributed by atoms with Gasteiger partial charge in [-0.2, -0.15) is 0 Å². The minimum atomic E-state index is -0.767. The van der Waals surface area contributed by atoms with Crippen molar-refractivity contribution < 1.29 is 18.3 Å². The molecule has 0 aromatic heterocycles. The quantitative estimate of drug-likeness (QED) is 0.479. The molecule has 1 amide bonds. The molecular formula is C18H20F2N4O2. The summed E-state index contributed by atoms with van der Waals surface area (Å²) < 4.78 is 33.9. The molecule has 2 rings (SSSR count). The maximum atomic E-state index is 14.6. The van der Waals surface area contributed by atoms with Crippen LogP contribution < -0.4 is 27.3 Å². The van der Waals surface area contributed by atoms with Crippen molar-refractivity contribution in [3.63, 3.8) is 0 Å². The van der Waals surface area contributed by atoms with Crippen LogP contribution >= 0.6 is 0 Å². The molecule has 0 aliphatic carbocycles. The number of ether oxygens (including phenoxy) is 1. The number of carbonyl (C=O) groups is 1. The van der Waals surface area contributed by atoms with E-state index in [9.17, 15) is 13.6 Å². The lowest BCUT2D eigenvalue weighted by Gasteiger charge is -2.15. The van der Waals surface area contributed by atoms with Gasteiger partial charge in [0.05, 0.1) is 18.5 Å². The van der Waals surface area contributed by atoms with E-state index in [1.807, 2.05) is 0 Å². The van der Waals surface area contributed by atoms with Gasteiger partial charge in [-0.3, -0.25) is 4.79 Å². The Morgan fingerprint density at radius 1 is 1.19 bits per heavy atom. The van der Waals surface area contributed by atoms with Crippen LogP contribution in [0.15, 0.2) is 36.0 Å². The molecule has 2 aromatic rings. The first-order valence-corrected chi connectivity index (χ1v) is 7.78. The number of amides is 1. The SMILES string of the molecule is CCNC(=O)/C(N)=C(\N)c1ccc(F)c(-c2cccc(OC)c2F)c1N. The first-order valence-electron chi connectivity index (χ1n) is 7.78. The van der Waals surface area contributed by atoms with Crippen LogP contribution in [0.4, 0.5) is 14.5 Å². The van der Waals surface area contributed by atoms with Crippen LogP contribution in [0, 0.1) is 11.6 Å². The van der Waals surface area contributed by atoms with E-state index in [4.69, 9.17) is 21.9 Å². The third kappa shape index (κ3) is 3.39. The van der Waals surface area contributed by atoms with Crippen molar-refractivity contribution in [1.29, 1.82) is 0 Å². The highest BCUT2D eigenvalue weighted by Gasteiger charge is 2.21. The Hall–Kier alpha value is -3.29. The Balaban J connectivity index is 2.68. The zero-order valence-electron chi connectivity index (χ0n) is 14.4. The zero-order valence-corrected chi connectivity index (χ0v) is 14.4. The summed E-state index contributed by atoms with van der Waals surface area (Å²) in [6.45, 7) is 2.07. The number of hydrogen-bond acceptors (Lipinski definition) is 5. The second-order valence-corrected chi connectivity index (χ2v) is 5.39. The van der Waals surface area contributed by atoms with Gasteiger partial charge in [0.2, 0.25) is 0 Å². The minimum Gasteiger partial charge on any atom is -0.494 e. The number of carbonyl (C=O) groups excluding carboxylic acids is 1. The number of anilines is 1. The summed E-state index contributed by atoms with van der Waals surface area (Å²) in [7, 11) is 1.30. The molecule has 2 aromatic carbocycles. The number of nitrogens with two attached hydrogens (primary N) is 3. The van der Waals surface area contributed by atoms with Gasteiger partial charge in [0, 0.05) is 23.2 Å². The largest absolute Gasteiger partial charge is 0.494 e. The van der Waals surface area contributed by atoms with Crippen LogP contribution in [0.1, 0.15) is 12.5 Å². The van der Waals surface area contributed by atoms with E-state index in [2.05, 4.69) is 5.32 Å². The molecule has 0 bridgehead atoms. The second kappa shape index (κ2) is 7.73. The molecular weight excluding hydrogens is 342 g/mol. The lowest BCUT2D eigenvalue weighted by molar-refractivity contribution is -0.117. The monoisotopic (exact) mass is 362 g/mol. The van der Waals surface area contributed by atoms with E-state index in [-0.39, 0.29) is 39.5 Å². The van der Waals surface area contributed by atoms with Gasteiger partial charge in [0.1, 0.15) is 11.5 Å². The first-order chi connectivity index (χ1) is 12.3. The van der Waals surface area contributed by atoms with Gasteiger partial charge in [-0.15, -0.1) is 0 Å². The van der Waals surface area contributed by atoms with E-state index >= 15 is 0 Å². The van der Waals surface area contributed by atoms with Crippen molar-refractivity contribution in [1.82, 2.24) is 5.32 Å². The molecule has 0 fully saturated rings. The normalized spacial score (nSPS) is 11.7. The minimum absolute atomic E-state index is 0.0583. The maximum absolute atomic E-state index is 14.6. The molecule has 0 aliphatic heterocycles. The average Bonchev–Trinajstić information content (AvgIpc) is 2.62. The molecule has 0 atom stereocenters. The smallest absolute Gasteiger partial charge is 0.269 e. The lowest BCUT2D eigenvalue weighted by Crippen LogP contribution is -2.30. The topological polar surface area (TPSA) is 116 Å². The maximum Gasteiger partial charge on any atom is 0.269 e. The summed E-state index contributed by atoms with van der Waals surface area (Å²) in [4.78, 5) is 11.9. The third-order valence-corrected chi connectivity index (χ3v) is 3.81. The van der Waals surface area contributed by atoms with Crippen LogP contribution in [0.25, 0.3) is 16.8 Å². The molecule has 7 N–H and O–H groups in total. The van der Waals surface area contributed by atoms with Gasteiger partial charge < -0.3 is 27.3 Å². The van der Waals surface area contributed by atoms with Crippen molar-refractivity contribution >= 4 is 17.3 Å². The Labute approximate surface area is 149 Å². The predicted molar refractivity (Wildman–Crippen MR) is 96.7 cm³/mol. The Bertz CT molecular complexity index is 882. The summed E-state index contributed by atoms with van der Waals surface area (Å²) in [5.74, 6) is -2.15. The van der Waals surface area contributed by atoms with Crippen LogP contribution in [0.5, 0.6) is 5.75 Å². The fraction of sp³-hybridized carbons (Fsp3) is 0.167.